The highest BCUT2D eigenvalue weighted by Crippen LogP contribution is 2.09. The minimum absolute atomic E-state index is 0.0512. The van der Waals surface area contributed by atoms with Gasteiger partial charge in [-0.05, 0) is 19.8 Å². The van der Waals surface area contributed by atoms with Gasteiger partial charge in [0.15, 0.2) is 0 Å². The summed E-state index contributed by atoms with van der Waals surface area (Å²) in [5.41, 5.74) is 0.863. The van der Waals surface area contributed by atoms with Crippen molar-refractivity contribution >= 4 is 5.91 Å². The molecule has 92 valence electrons. The largest absolute Gasteiger partial charge is 0.342 e. The van der Waals surface area contributed by atoms with E-state index in [-0.39, 0.29) is 11.9 Å². The summed E-state index contributed by atoms with van der Waals surface area (Å²) in [7, 11) is 0. The molecule has 17 heavy (non-hydrogen) atoms. The molecular formula is C12H18N4O. The first-order valence-corrected chi connectivity index (χ1v) is 6.04. The fourth-order valence-corrected chi connectivity index (χ4v) is 1.96. The van der Waals surface area contributed by atoms with Crippen molar-refractivity contribution in [3.8, 4) is 0 Å². The van der Waals surface area contributed by atoms with E-state index < -0.39 is 0 Å². The molecule has 1 unspecified atom stereocenters. The molecule has 1 aliphatic rings. The summed E-state index contributed by atoms with van der Waals surface area (Å²) in [5, 5.41) is 3.18. The van der Waals surface area contributed by atoms with Crippen LogP contribution < -0.4 is 5.32 Å². The SMILES string of the molecule is CC(NCC(=O)N1CCCC1)c1cnccn1. The first kappa shape index (κ1) is 12.0. The van der Waals surface area contributed by atoms with Crippen molar-refractivity contribution < 1.29 is 4.79 Å². The van der Waals surface area contributed by atoms with Crippen LogP contribution in [0.1, 0.15) is 31.5 Å². The Morgan fingerprint density at radius 2 is 2.24 bits per heavy atom. The predicted molar refractivity (Wildman–Crippen MR) is 64.3 cm³/mol. The highest BCUT2D eigenvalue weighted by atomic mass is 16.2. The van der Waals surface area contributed by atoms with E-state index in [1.165, 1.54) is 0 Å². The van der Waals surface area contributed by atoms with Crippen molar-refractivity contribution in [3.63, 3.8) is 0 Å². The zero-order valence-corrected chi connectivity index (χ0v) is 10.1. The molecule has 1 atom stereocenters. The lowest BCUT2D eigenvalue weighted by Gasteiger charge is -2.18. The third kappa shape index (κ3) is 3.23. The Bertz CT molecular complexity index is 362. The Kier molecular flexibility index (Phi) is 4.03. The van der Waals surface area contributed by atoms with E-state index in [0.717, 1.165) is 31.6 Å². The molecule has 0 saturated carbocycles. The summed E-state index contributed by atoms with van der Waals surface area (Å²) >= 11 is 0. The lowest BCUT2D eigenvalue weighted by Crippen LogP contribution is -2.37. The van der Waals surface area contributed by atoms with E-state index in [9.17, 15) is 4.79 Å². The van der Waals surface area contributed by atoms with Crippen molar-refractivity contribution in [2.24, 2.45) is 0 Å². The van der Waals surface area contributed by atoms with Crippen LogP contribution >= 0.6 is 0 Å². The number of nitrogens with zero attached hydrogens (tertiary/aromatic N) is 3. The molecule has 1 aliphatic heterocycles. The number of nitrogens with one attached hydrogen (secondary N) is 1. The van der Waals surface area contributed by atoms with Crippen molar-refractivity contribution in [2.75, 3.05) is 19.6 Å². The lowest BCUT2D eigenvalue weighted by atomic mass is 10.2. The molecule has 0 aromatic carbocycles. The Morgan fingerprint density at radius 3 is 2.88 bits per heavy atom. The number of carbonyl (C=O) groups is 1. The second kappa shape index (κ2) is 5.72. The summed E-state index contributed by atoms with van der Waals surface area (Å²) in [6.07, 6.45) is 7.29. The molecule has 1 amide bonds. The van der Waals surface area contributed by atoms with Crippen LogP contribution in [-0.2, 0) is 4.79 Å². The van der Waals surface area contributed by atoms with Gasteiger partial charge in [0.1, 0.15) is 0 Å². The molecule has 1 N–H and O–H groups in total. The van der Waals surface area contributed by atoms with Crippen LogP contribution in [0.5, 0.6) is 0 Å². The summed E-state index contributed by atoms with van der Waals surface area (Å²) in [5.74, 6) is 0.179. The number of amides is 1. The Hall–Kier alpha value is -1.49. The minimum atomic E-state index is 0.0512. The van der Waals surface area contributed by atoms with E-state index in [1.807, 2.05) is 11.8 Å². The first-order chi connectivity index (χ1) is 8.27. The maximum absolute atomic E-state index is 11.8. The minimum Gasteiger partial charge on any atom is -0.342 e. The summed E-state index contributed by atoms with van der Waals surface area (Å²) in [6, 6.07) is 0.0512. The van der Waals surface area contributed by atoms with Crippen LogP contribution in [0.15, 0.2) is 18.6 Å². The van der Waals surface area contributed by atoms with Crippen LogP contribution in [0.3, 0.4) is 0 Å². The van der Waals surface area contributed by atoms with Gasteiger partial charge in [-0.25, -0.2) is 0 Å². The van der Waals surface area contributed by atoms with Crippen molar-refractivity contribution in [2.45, 2.75) is 25.8 Å². The van der Waals surface area contributed by atoms with E-state index in [0.29, 0.717) is 6.54 Å². The number of hydrogen-bond donors (Lipinski definition) is 1. The van der Waals surface area contributed by atoms with E-state index >= 15 is 0 Å². The molecule has 1 saturated heterocycles. The first-order valence-electron chi connectivity index (χ1n) is 6.04. The smallest absolute Gasteiger partial charge is 0.236 e. The maximum Gasteiger partial charge on any atom is 0.236 e. The molecular weight excluding hydrogens is 216 g/mol. The van der Waals surface area contributed by atoms with Gasteiger partial charge in [-0.15, -0.1) is 0 Å². The fraction of sp³-hybridized carbons (Fsp3) is 0.583. The number of aromatic nitrogens is 2. The zero-order valence-electron chi connectivity index (χ0n) is 10.1. The monoisotopic (exact) mass is 234 g/mol. The predicted octanol–water partition coefficient (Wildman–Crippen LogP) is 0.750. The number of carbonyl (C=O) groups excluding carboxylic acids is 1. The van der Waals surface area contributed by atoms with E-state index in [4.69, 9.17) is 0 Å². The topological polar surface area (TPSA) is 58.1 Å². The molecule has 0 radical (unpaired) electrons. The molecule has 0 bridgehead atoms. The molecule has 2 rings (SSSR count). The van der Waals surface area contributed by atoms with Crippen LogP contribution in [0.2, 0.25) is 0 Å². The molecule has 1 fully saturated rings. The van der Waals surface area contributed by atoms with E-state index in [2.05, 4.69) is 15.3 Å². The van der Waals surface area contributed by atoms with Crippen LogP contribution in [-0.4, -0.2) is 40.4 Å². The van der Waals surface area contributed by atoms with E-state index in [1.54, 1.807) is 18.6 Å². The summed E-state index contributed by atoms with van der Waals surface area (Å²) < 4.78 is 0. The molecule has 0 aliphatic carbocycles. The van der Waals surface area contributed by atoms with Crippen molar-refractivity contribution in [1.82, 2.24) is 20.2 Å². The van der Waals surface area contributed by atoms with Crippen molar-refractivity contribution in [3.05, 3.63) is 24.3 Å². The van der Waals surface area contributed by atoms with Gasteiger partial charge in [0.2, 0.25) is 5.91 Å². The molecule has 2 heterocycles. The van der Waals surface area contributed by atoms with Gasteiger partial charge in [0.05, 0.1) is 12.2 Å². The highest BCUT2D eigenvalue weighted by Gasteiger charge is 2.18. The molecule has 1 aromatic rings. The average molecular weight is 234 g/mol. The van der Waals surface area contributed by atoms with Crippen LogP contribution in [0.4, 0.5) is 0 Å². The molecule has 1 aromatic heterocycles. The van der Waals surface area contributed by atoms with Gasteiger partial charge < -0.3 is 10.2 Å². The van der Waals surface area contributed by atoms with Crippen LogP contribution in [0.25, 0.3) is 0 Å². The Balaban J connectivity index is 1.80. The van der Waals surface area contributed by atoms with Gasteiger partial charge in [-0.3, -0.25) is 14.8 Å². The van der Waals surface area contributed by atoms with Gasteiger partial charge >= 0.3 is 0 Å². The lowest BCUT2D eigenvalue weighted by molar-refractivity contribution is -0.129. The second-order valence-electron chi connectivity index (χ2n) is 4.32. The third-order valence-corrected chi connectivity index (χ3v) is 3.05. The maximum atomic E-state index is 11.8. The Morgan fingerprint density at radius 1 is 1.47 bits per heavy atom. The van der Waals surface area contributed by atoms with Gasteiger partial charge in [-0.2, -0.15) is 0 Å². The second-order valence-corrected chi connectivity index (χ2v) is 4.32. The van der Waals surface area contributed by atoms with Gasteiger partial charge in [0, 0.05) is 37.7 Å². The zero-order chi connectivity index (χ0) is 12.1. The fourth-order valence-electron chi connectivity index (χ4n) is 1.96. The number of likely N-dealkylation sites (tertiary alicyclic amines) is 1. The molecule has 5 nitrogen and oxygen atoms in total. The molecule has 0 spiro atoms. The van der Waals surface area contributed by atoms with Crippen molar-refractivity contribution in [1.29, 1.82) is 0 Å². The Labute approximate surface area is 101 Å². The molecule has 5 heteroatoms. The quantitative estimate of drug-likeness (QED) is 0.835. The van der Waals surface area contributed by atoms with Crippen LogP contribution in [0, 0.1) is 0 Å². The highest BCUT2D eigenvalue weighted by molar-refractivity contribution is 5.78. The standard InChI is InChI=1S/C12H18N4O/c1-10(11-8-13-4-5-14-11)15-9-12(17)16-6-2-3-7-16/h4-5,8,10,15H,2-3,6-7,9H2,1H3. The average Bonchev–Trinajstić information content (AvgIpc) is 2.90. The van der Waals surface area contributed by atoms with Gasteiger partial charge in [0.25, 0.3) is 0 Å². The normalized spacial score (nSPS) is 17.1. The summed E-state index contributed by atoms with van der Waals surface area (Å²) in [4.78, 5) is 21.9. The number of hydrogen-bond acceptors (Lipinski definition) is 4. The summed E-state index contributed by atoms with van der Waals surface area (Å²) in [6.45, 7) is 4.17. The number of rotatable bonds is 4. The third-order valence-electron chi connectivity index (χ3n) is 3.05. The van der Waals surface area contributed by atoms with Gasteiger partial charge in [-0.1, -0.05) is 0 Å².